The van der Waals surface area contributed by atoms with Crippen LogP contribution in [-0.2, 0) is 4.79 Å². The minimum atomic E-state index is 0.0501. The molecule has 0 aliphatic carbocycles. The van der Waals surface area contributed by atoms with E-state index in [0.717, 1.165) is 5.69 Å². The monoisotopic (exact) mass is 212 g/mol. The van der Waals surface area contributed by atoms with Crippen LogP contribution >= 0.6 is 11.3 Å². The number of carbonyl (C=O) groups excluding carboxylic acids is 1. The Hall–Kier alpha value is -1.07. The van der Waals surface area contributed by atoms with Gasteiger partial charge in [-0.25, -0.2) is 0 Å². The molecule has 4 nitrogen and oxygen atoms in total. The Balaban J connectivity index is 2.20. The lowest BCUT2D eigenvalue weighted by Crippen LogP contribution is -2.25. The van der Waals surface area contributed by atoms with E-state index in [-0.39, 0.29) is 18.4 Å². The van der Waals surface area contributed by atoms with Crippen molar-refractivity contribution in [1.29, 1.82) is 0 Å². The van der Waals surface area contributed by atoms with E-state index in [2.05, 4.69) is 0 Å². The molecular weight excluding hydrogens is 200 g/mol. The number of nitrogen functional groups attached to an aromatic ring is 1. The number of thiophene rings is 1. The third kappa shape index (κ3) is 1.49. The first-order valence-corrected chi connectivity index (χ1v) is 5.39. The maximum absolute atomic E-state index is 11.6. The first kappa shape index (κ1) is 9.48. The standard InChI is InChI=1S/C9H12N2O2S/c10-7-4-14-5-8(7)11-2-6(3-12)1-9(11)13/h4-6,12H,1-3,10H2. The van der Waals surface area contributed by atoms with Crippen LogP contribution in [0.2, 0.25) is 0 Å². The minimum absolute atomic E-state index is 0.0501. The van der Waals surface area contributed by atoms with Gasteiger partial charge in [0.1, 0.15) is 0 Å². The summed E-state index contributed by atoms with van der Waals surface area (Å²) in [7, 11) is 0. The Morgan fingerprint density at radius 1 is 1.64 bits per heavy atom. The molecular formula is C9H12N2O2S. The summed E-state index contributed by atoms with van der Waals surface area (Å²) >= 11 is 1.48. The van der Waals surface area contributed by atoms with Crippen molar-refractivity contribution in [3.05, 3.63) is 10.8 Å². The lowest BCUT2D eigenvalue weighted by molar-refractivity contribution is -0.117. The highest BCUT2D eigenvalue weighted by atomic mass is 32.1. The number of anilines is 2. The van der Waals surface area contributed by atoms with Crippen LogP contribution in [0.5, 0.6) is 0 Å². The smallest absolute Gasteiger partial charge is 0.227 e. The lowest BCUT2D eigenvalue weighted by Gasteiger charge is -2.15. The van der Waals surface area contributed by atoms with E-state index in [1.807, 2.05) is 10.8 Å². The van der Waals surface area contributed by atoms with Crippen LogP contribution in [0, 0.1) is 5.92 Å². The average Bonchev–Trinajstić information content (AvgIpc) is 2.72. The highest BCUT2D eigenvalue weighted by Gasteiger charge is 2.31. The number of amides is 1. The second kappa shape index (κ2) is 3.59. The Labute approximate surface area is 85.9 Å². The van der Waals surface area contributed by atoms with Crippen molar-refractivity contribution in [2.24, 2.45) is 5.92 Å². The summed E-state index contributed by atoms with van der Waals surface area (Å²) in [5, 5.41) is 12.6. The van der Waals surface area contributed by atoms with E-state index in [1.165, 1.54) is 11.3 Å². The minimum Gasteiger partial charge on any atom is -0.396 e. The molecule has 0 spiro atoms. The molecule has 14 heavy (non-hydrogen) atoms. The molecule has 1 saturated heterocycles. The number of nitrogens with zero attached hydrogens (tertiary/aromatic N) is 1. The maximum Gasteiger partial charge on any atom is 0.227 e. The average molecular weight is 212 g/mol. The van der Waals surface area contributed by atoms with Crippen LogP contribution in [0.15, 0.2) is 10.8 Å². The van der Waals surface area contributed by atoms with Crippen molar-refractivity contribution in [3.8, 4) is 0 Å². The predicted octanol–water partition coefficient (Wildman–Crippen LogP) is 0.676. The van der Waals surface area contributed by atoms with E-state index >= 15 is 0 Å². The molecule has 1 amide bonds. The Bertz CT molecular complexity index is 350. The van der Waals surface area contributed by atoms with Crippen LogP contribution in [0.4, 0.5) is 11.4 Å². The van der Waals surface area contributed by atoms with Gasteiger partial charge in [-0.1, -0.05) is 0 Å². The van der Waals surface area contributed by atoms with Crippen LogP contribution in [0.25, 0.3) is 0 Å². The fraction of sp³-hybridized carbons (Fsp3) is 0.444. The van der Waals surface area contributed by atoms with Gasteiger partial charge in [0, 0.05) is 36.3 Å². The predicted molar refractivity (Wildman–Crippen MR) is 56.3 cm³/mol. The van der Waals surface area contributed by atoms with Crippen molar-refractivity contribution >= 4 is 28.6 Å². The Morgan fingerprint density at radius 2 is 2.43 bits per heavy atom. The number of hydrogen-bond acceptors (Lipinski definition) is 4. The molecule has 76 valence electrons. The van der Waals surface area contributed by atoms with Crippen LogP contribution in [0.1, 0.15) is 6.42 Å². The summed E-state index contributed by atoms with van der Waals surface area (Å²) in [6.45, 7) is 0.641. The molecule has 1 aliphatic heterocycles. The highest BCUT2D eigenvalue weighted by molar-refractivity contribution is 7.09. The van der Waals surface area contributed by atoms with E-state index in [9.17, 15) is 4.79 Å². The number of nitrogens with two attached hydrogens (primary N) is 1. The molecule has 2 rings (SSSR count). The zero-order valence-corrected chi connectivity index (χ0v) is 8.46. The van der Waals surface area contributed by atoms with Crippen LogP contribution in [0.3, 0.4) is 0 Å². The topological polar surface area (TPSA) is 66.6 Å². The molecule has 5 heteroatoms. The molecule has 0 radical (unpaired) electrons. The molecule has 1 aromatic rings. The van der Waals surface area contributed by atoms with E-state index in [1.54, 1.807) is 4.90 Å². The summed E-state index contributed by atoms with van der Waals surface area (Å²) in [5.41, 5.74) is 7.15. The van der Waals surface area contributed by atoms with E-state index in [0.29, 0.717) is 18.7 Å². The molecule has 0 bridgehead atoms. The van der Waals surface area contributed by atoms with Crippen molar-refractivity contribution in [1.82, 2.24) is 0 Å². The molecule has 0 saturated carbocycles. The zero-order chi connectivity index (χ0) is 10.1. The SMILES string of the molecule is Nc1cscc1N1CC(CO)CC1=O. The number of hydrogen-bond donors (Lipinski definition) is 2. The quantitative estimate of drug-likeness (QED) is 0.757. The molecule has 1 atom stereocenters. The van der Waals surface area contributed by atoms with Gasteiger partial charge in [-0.2, -0.15) is 0 Å². The number of carbonyl (C=O) groups is 1. The Kier molecular flexibility index (Phi) is 2.43. The maximum atomic E-state index is 11.6. The fourth-order valence-electron chi connectivity index (χ4n) is 1.66. The number of aliphatic hydroxyl groups is 1. The van der Waals surface area contributed by atoms with Crippen molar-refractivity contribution in [3.63, 3.8) is 0 Å². The normalized spacial score (nSPS) is 21.9. The molecule has 0 aromatic carbocycles. The van der Waals surface area contributed by atoms with Gasteiger partial charge in [0.25, 0.3) is 0 Å². The van der Waals surface area contributed by atoms with Gasteiger partial charge in [0.05, 0.1) is 11.4 Å². The third-order valence-electron chi connectivity index (χ3n) is 2.42. The van der Waals surface area contributed by atoms with Crippen molar-refractivity contribution in [2.75, 3.05) is 23.8 Å². The van der Waals surface area contributed by atoms with Gasteiger partial charge in [-0.05, 0) is 0 Å². The van der Waals surface area contributed by atoms with Gasteiger partial charge in [0.15, 0.2) is 0 Å². The van der Waals surface area contributed by atoms with Crippen LogP contribution < -0.4 is 10.6 Å². The Morgan fingerprint density at radius 3 is 2.93 bits per heavy atom. The fourth-order valence-corrected chi connectivity index (χ4v) is 2.38. The highest BCUT2D eigenvalue weighted by Crippen LogP contribution is 2.32. The number of aliphatic hydroxyl groups excluding tert-OH is 1. The van der Waals surface area contributed by atoms with Gasteiger partial charge in [-0.15, -0.1) is 11.3 Å². The van der Waals surface area contributed by atoms with Crippen molar-refractivity contribution < 1.29 is 9.90 Å². The lowest BCUT2D eigenvalue weighted by atomic mass is 10.1. The van der Waals surface area contributed by atoms with Crippen molar-refractivity contribution in [2.45, 2.75) is 6.42 Å². The summed E-state index contributed by atoms with van der Waals surface area (Å²) < 4.78 is 0. The first-order chi connectivity index (χ1) is 6.72. The van der Waals surface area contributed by atoms with Gasteiger partial charge < -0.3 is 15.7 Å². The molecule has 1 unspecified atom stereocenters. The molecule has 1 aliphatic rings. The summed E-state index contributed by atoms with van der Waals surface area (Å²) in [6.07, 6.45) is 0.422. The second-order valence-electron chi connectivity index (χ2n) is 3.47. The molecule has 1 aromatic heterocycles. The van der Waals surface area contributed by atoms with Gasteiger partial charge in [-0.3, -0.25) is 4.79 Å². The third-order valence-corrected chi connectivity index (χ3v) is 3.17. The molecule has 2 heterocycles. The zero-order valence-electron chi connectivity index (χ0n) is 7.64. The summed E-state index contributed by atoms with van der Waals surface area (Å²) in [4.78, 5) is 13.2. The van der Waals surface area contributed by atoms with E-state index in [4.69, 9.17) is 10.8 Å². The van der Waals surface area contributed by atoms with Gasteiger partial charge >= 0.3 is 0 Å². The largest absolute Gasteiger partial charge is 0.396 e. The van der Waals surface area contributed by atoms with Crippen LogP contribution in [-0.4, -0.2) is 24.2 Å². The second-order valence-corrected chi connectivity index (χ2v) is 4.21. The van der Waals surface area contributed by atoms with E-state index < -0.39 is 0 Å². The summed E-state index contributed by atoms with van der Waals surface area (Å²) in [5.74, 6) is 0.107. The molecule has 3 N–H and O–H groups in total. The van der Waals surface area contributed by atoms with Gasteiger partial charge in [0.2, 0.25) is 5.91 Å². The number of rotatable bonds is 2. The summed E-state index contributed by atoms with van der Waals surface area (Å²) in [6, 6.07) is 0. The first-order valence-electron chi connectivity index (χ1n) is 4.45. The molecule has 1 fully saturated rings.